The second-order valence-corrected chi connectivity index (χ2v) is 5.85. The fraction of sp³-hybridized carbons (Fsp3) is 0.389. The summed E-state index contributed by atoms with van der Waals surface area (Å²) in [6.07, 6.45) is 0.219. The fourth-order valence-corrected chi connectivity index (χ4v) is 2.51. The smallest absolute Gasteiger partial charge is 0.355 e. The van der Waals surface area contributed by atoms with Crippen molar-refractivity contribution in [1.29, 1.82) is 0 Å². The molecule has 0 fully saturated rings. The summed E-state index contributed by atoms with van der Waals surface area (Å²) in [5.41, 5.74) is 1.54. The second-order valence-electron chi connectivity index (χ2n) is 5.85. The molecule has 0 saturated carbocycles. The lowest BCUT2D eigenvalue weighted by atomic mass is 10.1. The molecule has 0 atom stereocenters. The molecule has 1 aromatic carbocycles. The van der Waals surface area contributed by atoms with Gasteiger partial charge in [0.25, 0.3) is 0 Å². The number of amides is 1. The van der Waals surface area contributed by atoms with Gasteiger partial charge in [-0.1, -0.05) is 12.1 Å². The zero-order valence-corrected chi connectivity index (χ0v) is 15.3. The Kier molecular flexibility index (Phi) is 6.35. The van der Waals surface area contributed by atoms with Gasteiger partial charge in [-0.05, 0) is 17.7 Å². The summed E-state index contributed by atoms with van der Waals surface area (Å²) < 4.78 is 15.0. The van der Waals surface area contributed by atoms with Crippen LogP contribution in [0.4, 0.5) is 5.69 Å². The van der Waals surface area contributed by atoms with Crippen LogP contribution in [0.3, 0.4) is 0 Å². The summed E-state index contributed by atoms with van der Waals surface area (Å²) in [7, 11) is 5.84. The highest BCUT2D eigenvalue weighted by Gasteiger charge is 2.32. The van der Waals surface area contributed by atoms with Crippen LogP contribution >= 0.6 is 0 Å². The van der Waals surface area contributed by atoms with Crippen molar-refractivity contribution in [3.8, 4) is 0 Å². The van der Waals surface area contributed by atoms with Gasteiger partial charge in [0.15, 0.2) is 0 Å². The summed E-state index contributed by atoms with van der Waals surface area (Å²) >= 11 is 0. The van der Waals surface area contributed by atoms with Crippen molar-refractivity contribution < 1.29 is 28.6 Å². The molecule has 1 aromatic rings. The number of hydrogen-bond acceptors (Lipinski definition) is 7. The number of esters is 2. The molecule has 0 bridgehead atoms. The van der Waals surface area contributed by atoms with Crippen molar-refractivity contribution in [1.82, 2.24) is 4.90 Å². The number of carbonyl (C=O) groups is 3. The van der Waals surface area contributed by atoms with E-state index in [9.17, 15) is 14.4 Å². The highest BCUT2D eigenvalue weighted by molar-refractivity contribution is 6.03. The van der Waals surface area contributed by atoms with Crippen LogP contribution in [0.15, 0.2) is 35.5 Å². The molecule has 0 radical (unpaired) electrons. The van der Waals surface area contributed by atoms with Gasteiger partial charge in [0.05, 0.1) is 32.8 Å². The molecule has 2 rings (SSSR count). The molecule has 0 saturated heterocycles. The number of rotatable bonds is 5. The molecule has 140 valence electrons. The van der Waals surface area contributed by atoms with E-state index >= 15 is 0 Å². The minimum absolute atomic E-state index is 0.0453. The molecule has 0 N–H and O–H groups in total. The molecule has 8 nitrogen and oxygen atoms in total. The van der Waals surface area contributed by atoms with Gasteiger partial charge in [-0.2, -0.15) is 0 Å². The quantitative estimate of drug-likeness (QED) is 0.713. The number of ether oxygens (including phenoxy) is 3. The molecule has 0 aromatic heterocycles. The van der Waals surface area contributed by atoms with Crippen molar-refractivity contribution >= 4 is 23.5 Å². The lowest BCUT2D eigenvalue weighted by Gasteiger charge is -2.31. The summed E-state index contributed by atoms with van der Waals surface area (Å²) in [5.74, 6) is -1.37. The third kappa shape index (κ3) is 4.20. The van der Waals surface area contributed by atoms with E-state index in [1.807, 2.05) is 6.07 Å². The van der Waals surface area contributed by atoms with Gasteiger partial charge in [0.2, 0.25) is 5.91 Å². The zero-order valence-electron chi connectivity index (χ0n) is 15.3. The lowest BCUT2D eigenvalue weighted by Crippen LogP contribution is -2.38. The SMILES string of the molecule is COC(=O)C1=C(C(=O)OC)N(c2cccc(CC(=O)N(C)C)c2)COC1. The highest BCUT2D eigenvalue weighted by Crippen LogP contribution is 2.27. The number of anilines is 1. The van der Waals surface area contributed by atoms with Crippen LogP contribution in [0.1, 0.15) is 5.56 Å². The van der Waals surface area contributed by atoms with Crippen LogP contribution in [0.25, 0.3) is 0 Å². The first-order chi connectivity index (χ1) is 12.4. The van der Waals surface area contributed by atoms with Gasteiger partial charge >= 0.3 is 11.9 Å². The third-order valence-electron chi connectivity index (χ3n) is 3.91. The van der Waals surface area contributed by atoms with E-state index in [1.54, 1.807) is 32.3 Å². The first-order valence-electron chi connectivity index (χ1n) is 7.93. The molecule has 0 spiro atoms. The number of benzene rings is 1. The van der Waals surface area contributed by atoms with Gasteiger partial charge < -0.3 is 24.0 Å². The van der Waals surface area contributed by atoms with Gasteiger partial charge in [-0.25, -0.2) is 9.59 Å². The number of nitrogens with zero attached hydrogens (tertiary/aromatic N) is 2. The Hall–Kier alpha value is -2.87. The van der Waals surface area contributed by atoms with E-state index in [0.717, 1.165) is 5.56 Å². The van der Waals surface area contributed by atoms with Gasteiger partial charge in [0.1, 0.15) is 12.4 Å². The number of likely N-dealkylation sites (N-methyl/N-ethyl adjacent to an activating group) is 1. The largest absolute Gasteiger partial charge is 0.466 e. The average Bonchev–Trinajstić information content (AvgIpc) is 2.66. The van der Waals surface area contributed by atoms with Crippen LogP contribution in [0.2, 0.25) is 0 Å². The first kappa shape index (κ1) is 19.5. The van der Waals surface area contributed by atoms with Crippen LogP contribution in [-0.2, 0) is 35.0 Å². The van der Waals surface area contributed by atoms with Crippen LogP contribution in [0, 0.1) is 0 Å². The second kappa shape index (κ2) is 8.48. The zero-order chi connectivity index (χ0) is 19.3. The topological polar surface area (TPSA) is 85.4 Å². The van der Waals surface area contributed by atoms with E-state index in [4.69, 9.17) is 14.2 Å². The van der Waals surface area contributed by atoms with Crippen molar-refractivity contribution in [2.24, 2.45) is 0 Å². The Balaban J connectivity index is 2.43. The van der Waals surface area contributed by atoms with Crippen LogP contribution in [-0.4, -0.2) is 64.4 Å². The minimum atomic E-state index is -0.663. The normalized spacial score (nSPS) is 14.1. The summed E-state index contributed by atoms with van der Waals surface area (Å²) in [6, 6.07) is 7.12. The van der Waals surface area contributed by atoms with E-state index in [0.29, 0.717) is 5.69 Å². The maximum absolute atomic E-state index is 12.3. The number of hydrogen-bond donors (Lipinski definition) is 0. The Bertz CT molecular complexity index is 741. The maximum atomic E-state index is 12.3. The molecule has 26 heavy (non-hydrogen) atoms. The van der Waals surface area contributed by atoms with Crippen molar-refractivity contribution in [3.05, 3.63) is 41.1 Å². The van der Waals surface area contributed by atoms with Crippen molar-refractivity contribution in [3.63, 3.8) is 0 Å². The first-order valence-corrected chi connectivity index (χ1v) is 7.93. The number of carbonyl (C=O) groups excluding carboxylic acids is 3. The molecule has 0 aliphatic carbocycles. The Morgan fingerprint density at radius 2 is 1.85 bits per heavy atom. The Morgan fingerprint density at radius 1 is 1.15 bits per heavy atom. The molecular formula is C18H22N2O6. The summed E-state index contributed by atoms with van der Waals surface area (Å²) in [4.78, 5) is 39.3. The van der Waals surface area contributed by atoms with E-state index in [1.165, 1.54) is 24.0 Å². The predicted octanol–water partition coefficient (Wildman–Crippen LogP) is 0.711. The maximum Gasteiger partial charge on any atom is 0.355 e. The molecule has 1 heterocycles. The Labute approximate surface area is 151 Å². The third-order valence-corrected chi connectivity index (χ3v) is 3.91. The predicted molar refractivity (Wildman–Crippen MR) is 93.2 cm³/mol. The van der Waals surface area contributed by atoms with Crippen molar-refractivity contribution in [2.75, 3.05) is 46.6 Å². The number of methoxy groups -OCH3 is 2. The van der Waals surface area contributed by atoms with Crippen LogP contribution in [0.5, 0.6) is 0 Å². The van der Waals surface area contributed by atoms with Gasteiger partial charge in [-0.15, -0.1) is 0 Å². The highest BCUT2D eigenvalue weighted by atomic mass is 16.5. The molecule has 0 unspecified atom stereocenters. The van der Waals surface area contributed by atoms with Crippen molar-refractivity contribution in [2.45, 2.75) is 6.42 Å². The van der Waals surface area contributed by atoms with Gasteiger partial charge in [0, 0.05) is 19.8 Å². The monoisotopic (exact) mass is 362 g/mol. The standard InChI is InChI=1S/C18H22N2O6/c1-19(2)15(21)9-12-6-5-7-13(8-12)20-11-26-10-14(17(22)24-3)16(20)18(23)25-4/h5-8H,9-11H2,1-4H3. The molecule has 8 heteroatoms. The summed E-state index contributed by atoms with van der Waals surface area (Å²) in [6.45, 7) is 0.0163. The Morgan fingerprint density at radius 3 is 2.46 bits per heavy atom. The fourth-order valence-electron chi connectivity index (χ4n) is 2.51. The van der Waals surface area contributed by atoms with E-state index < -0.39 is 11.9 Å². The molecule has 1 amide bonds. The molecule has 1 aliphatic rings. The minimum Gasteiger partial charge on any atom is -0.466 e. The molecule has 1 aliphatic heterocycles. The summed E-state index contributed by atoms with van der Waals surface area (Å²) in [5, 5.41) is 0. The van der Waals surface area contributed by atoms with E-state index in [2.05, 4.69) is 0 Å². The van der Waals surface area contributed by atoms with Gasteiger partial charge in [-0.3, -0.25) is 4.79 Å². The van der Waals surface area contributed by atoms with E-state index in [-0.39, 0.29) is 36.9 Å². The lowest BCUT2D eigenvalue weighted by molar-refractivity contribution is -0.140. The van der Waals surface area contributed by atoms with Crippen LogP contribution < -0.4 is 4.90 Å². The average molecular weight is 362 g/mol. The molecular weight excluding hydrogens is 340 g/mol.